The molecule has 0 spiro atoms. The van der Waals surface area contributed by atoms with E-state index in [1.807, 2.05) is 46.8 Å². The summed E-state index contributed by atoms with van der Waals surface area (Å²) in [5.41, 5.74) is 3.76. The van der Waals surface area contributed by atoms with Gasteiger partial charge < -0.3 is 24.2 Å². The van der Waals surface area contributed by atoms with Gasteiger partial charge in [-0.15, -0.1) is 0 Å². The third-order valence-corrected chi connectivity index (χ3v) is 6.01. The van der Waals surface area contributed by atoms with Crippen molar-refractivity contribution in [2.45, 2.75) is 72.1 Å². The van der Waals surface area contributed by atoms with E-state index >= 15 is 0 Å². The normalized spacial score (nSPS) is 13.5. The van der Waals surface area contributed by atoms with Crippen molar-refractivity contribution < 1.29 is 18.8 Å². The van der Waals surface area contributed by atoms with Gasteiger partial charge in [0.1, 0.15) is 11.4 Å². The molecule has 2 heterocycles. The van der Waals surface area contributed by atoms with Crippen LogP contribution in [0.4, 0.5) is 11.6 Å². The third kappa shape index (κ3) is 7.23. The minimum absolute atomic E-state index is 0.0334. The lowest BCUT2D eigenvalue weighted by atomic mass is 9.99. The van der Waals surface area contributed by atoms with Gasteiger partial charge in [0.2, 0.25) is 0 Å². The van der Waals surface area contributed by atoms with Crippen LogP contribution in [-0.2, 0) is 22.5 Å². The van der Waals surface area contributed by atoms with Gasteiger partial charge in [-0.2, -0.15) is 4.98 Å². The molecule has 198 valence electrons. The van der Waals surface area contributed by atoms with Crippen LogP contribution in [0.3, 0.4) is 0 Å². The fourth-order valence-electron chi connectivity index (χ4n) is 4.21. The first-order valence-electron chi connectivity index (χ1n) is 12.7. The molecule has 0 saturated heterocycles. The van der Waals surface area contributed by atoms with E-state index in [2.05, 4.69) is 38.6 Å². The molecule has 0 fully saturated rings. The lowest BCUT2D eigenvalue weighted by Gasteiger charge is -2.28. The first-order valence-corrected chi connectivity index (χ1v) is 13.1. The van der Waals surface area contributed by atoms with E-state index in [0.29, 0.717) is 42.1 Å². The van der Waals surface area contributed by atoms with E-state index in [4.69, 9.17) is 25.6 Å². The van der Waals surface area contributed by atoms with Crippen LogP contribution in [-0.4, -0.2) is 40.9 Å². The number of aryl methyl sites for hydroxylation is 1. The highest BCUT2D eigenvalue weighted by Crippen LogP contribution is 2.35. The standard InChI is InChI=1S/C28H35ClN4O4/c1-18(2)35-24-11-9-21(16-22(24)29)26-31-27(32-37-26)33-14-6-7-20-15-19(8-10-23(20)33)17-30-13-12-25(34)36-28(3,4)5/h8-11,15-16,18,30H,6-7,12-14,17H2,1-5H3. The number of carbonyl (C=O) groups excluding carboxylic acids is 1. The molecule has 0 atom stereocenters. The maximum Gasteiger partial charge on any atom is 0.307 e. The maximum atomic E-state index is 11.9. The Labute approximate surface area is 223 Å². The molecule has 1 aromatic heterocycles. The SMILES string of the molecule is CC(C)Oc1ccc(-c2nc(N3CCCc4cc(CNCCC(=O)OC(C)(C)C)ccc43)no2)cc1Cl. The molecule has 8 nitrogen and oxygen atoms in total. The van der Waals surface area contributed by atoms with Gasteiger partial charge >= 0.3 is 5.97 Å². The molecule has 1 aliphatic rings. The van der Waals surface area contributed by atoms with Crippen molar-refractivity contribution in [3.8, 4) is 17.2 Å². The Morgan fingerprint density at radius 2 is 2.03 bits per heavy atom. The summed E-state index contributed by atoms with van der Waals surface area (Å²) in [6, 6.07) is 11.9. The Morgan fingerprint density at radius 3 is 2.76 bits per heavy atom. The Hall–Kier alpha value is -3.10. The predicted octanol–water partition coefficient (Wildman–Crippen LogP) is 6.08. The highest BCUT2D eigenvalue weighted by Gasteiger charge is 2.23. The summed E-state index contributed by atoms with van der Waals surface area (Å²) in [5, 5.41) is 8.09. The van der Waals surface area contributed by atoms with Gasteiger partial charge in [-0.05, 0) is 88.0 Å². The van der Waals surface area contributed by atoms with Crippen LogP contribution in [0.25, 0.3) is 11.5 Å². The second-order valence-electron chi connectivity index (χ2n) is 10.4. The monoisotopic (exact) mass is 526 g/mol. The van der Waals surface area contributed by atoms with E-state index < -0.39 is 5.60 Å². The Bertz CT molecular complexity index is 1240. The average Bonchev–Trinajstić information content (AvgIpc) is 3.31. The van der Waals surface area contributed by atoms with Crippen LogP contribution in [0.2, 0.25) is 5.02 Å². The summed E-state index contributed by atoms with van der Waals surface area (Å²) in [6.45, 7) is 11.6. The van der Waals surface area contributed by atoms with Gasteiger partial charge in [0.25, 0.3) is 11.8 Å². The predicted molar refractivity (Wildman–Crippen MR) is 144 cm³/mol. The molecule has 4 rings (SSSR count). The van der Waals surface area contributed by atoms with E-state index in [0.717, 1.165) is 36.2 Å². The molecule has 1 N–H and O–H groups in total. The molecule has 0 bridgehead atoms. The number of aromatic nitrogens is 2. The zero-order valence-electron chi connectivity index (χ0n) is 22.1. The van der Waals surface area contributed by atoms with E-state index in [9.17, 15) is 4.79 Å². The molecule has 3 aromatic rings. The topological polar surface area (TPSA) is 89.7 Å². The van der Waals surface area contributed by atoms with Gasteiger partial charge in [-0.1, -0.05) is 23.7 Å². The number of anilines is 2. The maximum absolute atomic E-state index is 11.9. The molecule has 0 amide bonds. The van der Waals surface area contributed by atoms with Crippen molar-refractivity contribution in [1.29, 1.82) is 0 Å². The van der Waals surface area contributed by atoms with Gasteiger partial charge in [0, 0.05) is 30.9 Å². The number of nitrogens with zero attached hydrogens (tertiary/aromatic N) is 3. The second kappa shape index (κ2) is 11.5. The lowest BCUT2D eigenvalue weighted by molar-refractivity contribution is -0.154. The molecule has 0 saturated carbocycles. The van der Waals surface area contributed by atoms with Crippen molar-refractivity contribution in [3.05, 3.63) is 52.5 Å². The summed E-state index contributed by atoms with van der Waals surface area (Å²) in [4.78, 5) is 18.6. The fourth-order valence-corrected chi connectivity index (χ4v) is 4.43. The molecular formula is C28H35ClN4O4. The number of benzene rings is 2. The number of hydrogen-bond donors (Lipinski definition) is 1. The average molecular weight is 527 g/mol. The number of nitrogens with one attached hydrogen (secondary N) is 1. The number of halogens is 1. The summed E-state index contributed by atoms with van der Waals surface area (Å²) in [5.74, 6) is 1.37. The molecule has 2 aromatic carbocycles. The van der Waals surface area contributed by atoms with Crippen LogP contribution in [0.5, 0.6) is 5.75 Å². The van der Waals surface area contributed by atoms with Crippen molar-refractivity contribution in [1.82, 2.24) is 15.5 Å². The second-order valence-corrected chi connectivity index (χ2v) is 10.9. The lowest BCUT2D eigenvalue weighted by Crippen LogP contribution is -2.27. The van der Waals surface area contributed by atoms with Crippen LogP contribution >= 0.6 is 11.6 Å². The molecule has 37 heavy (non-hydrogen) atoms. The highest BCUT2D eigenvalue weighted by molar-refractivity contribution is 6.32. The van der Waals surface area contributed by atoms with E-state index in [-0.39, 0.29) is 12.1 Å². The Balaban J connectivity index is 1.40. The number of carbonyl (C=O) groups is 1. The summed E-state index contributed by atoms with van der Waals surface area (Å²) in [6.07, 6.45) is 2.34. The minimum Gasteiger partial charge on any atom is -0.489 e. The van der Waals surface area contributed by atoms with Crippen LogP contribution in [0, 0.1) is 0 Å². The minimum atomic E-state index is -0.457. The van der Waals surface area contributed by atoms with E-state index in [1.165, 1.54) is 5.56 Å². The van der Waals surface area contributed by atoms with Gasteiger partial charge in [0.05, 0.1) is 17.5 Å². The smallest absolute Gasteiger partial charge is 0.307 e. The van der Waals surface area contributed by atoms with Crippen LogP contribution in [0.15, 0.2) is 40.9 Å². The summed E-state index contributed by atoms with van der Waals surface area (Å²) >= 11 is 6.39. The number of esters is 1. The van der Waals surface area contributed by atoms with Gasteiger partial charge in [-0.25, -0.2) is 0 Å². The van der Waals surface area contributed by atoms with Crippen molar-refractivity contribution in [2.24, 2.45) is 0 Å². The zero-order valence-corrected chi connectivity index (χ0v) is 22.9. The number of fused-ring (bicyclic) bond motifs is 1. The summed E-state index contributed by atoms with van der Waals surface area (Å²) < 4.78 is 16.7. The first-order chi connectivity index (χ1) is 17.6. The van der Waals surface area contributed by atoms with Crippen LogP contribution in [0.1, 0.15) is 58.6 Å². The molecule has 0 unspecified atom stereocenters. The van der Waals surface area contributed by atoms with Crippen molar-refractivity contribution in [3.63, 3.8) is 0 Å². The quantitative estimate of drug-likeness (QED) is 0.265. The molecule has 9 heteroatoms. The van der Waals surface area contributed by atoms with Gasteiger partial charge in [-0.3, -0.25) is 4.79 Å². The number of hydrogen-bond acceptors (Lipinski definition) is 8. The van der Waals surface area contributed by atoms with Crippen LogP contribution < -0.4 is 15.0 Å². The largest absolute Gasteiger partial charge is 0.489 e. The molecule has 0 aliphatic carbocycles. The first kappa shape index (κ1) is 26.9. The number of ether oxygens (including phenoxy) is 2. The molecule has 0 radical (unpaired) electrons. The van der Waals surface area contributed by atoms with Crippen molar-refractivity contribution in [2.75, 3.05) is 18.0 Å². The molecule has 1 aliphatic heterocycles. The number of rotatable bonds is 9. The summed E-state index contributed by atoms with van der Waals surface area (Å²) in [7, 11) is 0. The zero-order chi connectivity index (χ0) is 26.6. The van der Waals surface area contributed by atoms with E-state index in [1.54, 1.807) is 6.07 Å². The highest BCUT2D eigenvalue weighted by atomic mass is 35.5. The fraction of sp³-hybridized carbons (Fsp3) is 0.464. The Morgan fingerprint density at radius 1 is 1.22 bits per heavy atom. The van der Waals surface area contributed by atoms with Gasteiger partial charge in [0.15, 0.2) is 0 Å². The third-order valence-electron chi connectivity index (χ3n) is 5.72. The molecular weight excluding hydrogens is 492 g/mol. The Kier molecular flexibility index (Phi) is 8.39. The van der Waals surface area contributed by atoms with Crippen molar-refractivity contribution >= 4 is 29.2 Å².